The second-order valence-electron chi connectivity index (χ2n) is 10.3. The molecule has 0 saturated carbocycles. The van der Waals surface area contributed by atoms with E-state index >= 15 is 0 Å². The topological polar surface area (TPSA) is 87.2 Å². The van der Waals surface area contributed by atoms with Gasteiger partial charge in [-0.1, -0.05) is 29.8 Å². The van der Waals surface area contributed by atoms with Crippen LogP contribution in [0.4, 0.5) is 16.2 Å². The van der Waals surface area contributed by atoms with Crippen molar-refractivity contribution in [2.75, 3.05) is 18.0 Å². The van der Waals surface area contributed by atoms with E-state index in [1.807, 2.05) is 70.2 Å². The second kappa shape index (κ2) is 9.12. The Bertz CT molecular complexity index is 1120. The molecule has 2 aromatic carbocycles. The smallest absolute Gasteiger partial charge is 0.410 e. The van der Waals surface area contributed by atoms with Gasteiger partial charge in [0.25, 0.3) is 0 Å². The van der Waals surface area contributed by atoms with Crippen LogP contribution in [0.1, 0.15) is 43.9 Å². The maximum absolute atomic E-state index is 12.8. The monoisotopic (exact) mass is 464 g/mol. The summed E-state index contributed by atoms with van der Waals surface area (Å²) in [6, 6.07) is 13.5. The van der Waals surface area contributed by atoms with Crippen molar-refractivity contribution >= 4 is 29.3 Å². The molecule has 0 aliphatic carbocycles. The maximum atomic E-state index is 12.8. The summed E-state index contributed by atoms with van der Waals surface area (Å²) in [6.45, 7) is 8.31. The highest BCUT2D eigenvalue weighted by Crippen LogP contribution is 2.37. The SMILES string of the molecule is Cc1ccc2c(c1)CC(=O)N2c1cccc(C[C@H](C(=O)O)[C@H]2CCN(C(=O)OC(C)(C)C)C2)c1. The van der Waals surface area contributed by atoms with E-state index in [0.29, 0.717) is 32.4 Å². The number of hydrogen-bond donors (Lipinski definition) is 1. The second-order valence-corrected chi connectivity index (χ2v) is 10.3. The predicted molar refractivity (Wildman–Crippen MR) is 129 cm³/mol. The highest BCUT2D eigenvalue weighted by molar-refractivity contribution is 6.07. The number of aliphatic carboxylic acids is 1. The van der Waals surface area contributed by atoms with E-state index in [9.17, 15) is 19.5 Å². The van der Waals surface area contributed by atoms with Crippen molar-refractivity contribution in [3.05, 3.63) is 59.2 Å². The van der Waals surface area contributed by atoms with Crippen molar-refractivity contribution in [3.8, 4) is 0 Å². The summed E-state index contributed by atoms with van der Waals surface area (Å²) >= 11 is 0. The number of carboxylic acids is 1. The lowest BCUT2D eigenvalue weighted by molar-refractivity contribution is -0.143. The lowest BCUT2D eigenvalue weighted by Gasteiger charge is -2.25. The van der Waals surface area contributed by atoms with Crippen LogP contribution in [0.25, 0.3) is 0 Å². The Labute approximate surface area is 200 Å². The predicted octanol–water partition coefficient (Wildman–Crippen LogP) is 4.72. The average Bonchev–Trinajstić information content (AvgIpc) is 3.34. The lowest BCUT2D eigenvalue weighted by atomic mass is 9.86. The van der Waals surface area contributed by atoms with E-state index in [0.717, 1.165) is 28.1 Å². The number of anilines is 2. The molecule has 0 aromatic heterocycles. The summed E-state index contributed by atoms with van der Waals surface area (Å²) in [5, 5.41) is 9.99. The number of carbonyl (C=O) groups excluding carboxylic acids is 2. The number of likely N-dealkylation sites (tertiary alicyclic amines) is 1. The van der Waals surface area contributed by atoms with Gasteiger partial charge in [0.15, 0.2) is 0 Å². The molecule has 0 spiro atoms. The summed E-state index contributed by atoms with van der Waals surface area (Å²) in [7, 11) is 0. The molecule has 2 heterocycles. The molecule has 0 bridgehead atoms. The van der Waals surface area contributed by atoms with Crippen molar-refractivity contribution in [2.45, 2.75) is 52.6 Å². The summed E-state index contributed by atoms with van der Waals surface area (Å²) in [5.74, 6) is -1.66. The number of carbonyl (C=O) groups is 3. The van der Waals surface area contributed by atoms with Crippen molar-refractivity contribution in [1.82, 2.24) is 4.90 Å². The Hall–Kier alpha value is -3.35. The zero-order valence-corrected chi connectivity index (χ0v) is 20.2. The zero-order chi connectivity index (χ0) is 24.6. The standard InChI is InChI=1S/C27H32N2O5/c1-17-8-9-23-20(12-17)15-24(30)29(23)21-7-5-6-18(13-21)14-22(25(31)32)19-10-11-28(16-19)26(33)34-27(2,3)4/h5-9,12-13,19,22H,10-11,14-16H2,1-4H3,(H,31,32)/t19-,22-/m0/s1. The van der Waals surface area contributed by atoms with Crippen molar-refractivity contribution < 1.29 is 24.2 Å². The van der Waals surface area contributed by atoms with E-state index in [4.69, 9.17) is 4.74 Å². The summed E-state index contributed by atoms with van der Waals surface area (Å²) in [5.41, 5.74) is 4.01. The molecule has 2 aliphatic heterocycles. The third kappa shape index (κ3) is 5.08. The number of carboxylic acid groups (broad SMARTS) is 1. The van der Waals surface area contributed by atoms with Gasteiger partial charge in [-0.15, -0.1) is 0 Å². The van der Waals surface area contributed by atoms with E-state index < -0.39 is 23.6 Å². The van der Waals surface area contributed by atoms with Crippen LogP contribution in [-0.4, -0.2) is 46.7 Å². The Kier molecular flexibility index (Phi) is 6.39. The number of fused-ring (bicyclic) bond motifs is 1. The first-order valence-electron chi connectivity index (χ1n) is 11.7. The van der Waals surface area contributed by atoms with E-state index in [2.05, 4.69) is 0 Å². The zero-order valence-electron chi connectivity index (χ0n) is 20.2. The van der Waals surface area contributed by atoms with E-state index in [1.165, 1.54) is 0 Å². The van der Waals surface area contributed by atoms with Gasteiger partial charge in [-0.3, -0.25) is 14.5 Å². The molecule has 2 aromatic rings. The molecule has 1 fully saturated rings. The fourth-order valence-electron chi connectivity index (χ4n) is 4.87. The molecule has 7 heteroatoms. The highest BCUT2D eigenvalue weighted by Gasteiger charge is 2.37. The highest BCUT2D eigenvalue weighted by atomic mass is 16.6. The molecule has 0 radical (unpaired) electrons. The van der Waals surface area contributed by atoms with Gasteiger partial charge in [-0.05, 0) is 75.8 Å². The first-order valence-corrected chi connectivity index (χ1v) is 11.7. The largest absolute Gasteiger partial charge is 0.481 e. The molecule has 180 valence electrons. The number of ether oxygens (including phenoxy) is 1. The van der Waals surface area contributed by atoms with Crippen molar-refractivity contribution in [2.24, 2.45) is 11.8 Å². The van der Waals surface area contributed by atoms with Gasteiger partial charge >= 0.3 is 12.1 Å². The molecular weight excluding hydrogens is 432 g/mol. The van der Waals surface area contributed by atoms with Gasteiger partial charge in [0.2, 0.25) is 5.91 Å². The first-order chi connectivity index (χ1) is 16.0. The minimum Gasteiger partial charge on any atom is -0.481 e. The summed E-state index contributed by atoms with van der Waals surface area (Å²) < 4.78 is 5.45. The number of benzene rings is 2. The van der Waals surface area contributed by atoms with Gasteiger partial charge in [-0.25, -0.2) is 4.79 Å². The molecule has 2 aliphatic rings. The van der Waals surface area contributed by atoms with Gasteiger partial charge in [0.1, 0.15) is 5.60 Å². The molecule has 34 heavy (non-hydrogen) atoms. The summed E-state index contributed by atoms with van der Waals surface area (Å²) in [6.07, 6.45) is 0.913. The van der Waals surface area contributed by atoms with Crippen LogP contribution in [0.3, 0.4) is 0 Å². The third-order valence-corrected chi connectivity index (χ3v) is 6.45. The van der Waals surface area contributed by atoms with Crippen molar-refractivity contribution in [1.29, 1.82) is 0 Å². The molecule has 7 nitrogen and oxygen atoms in total. The fraction of sp³-hybridized carbons (Fsp3) is 0.444. The van der Waals surface area contributed by atoms with Crippen LogP contribution in [0.2, 0.25) is 0 Å². The third-order valence-electron chi connectivity index (χ3n) is 6.45. The maximum Gasteiger partial charge on any atom is 0.410 e. The quantitative estimate of drug-likeness (QED) is 0.692. The first kappa shape index (κ1) is 23.8. The number of aryl methyl sites for hydroxylation is 1. The number of rotatable bonds is 5. The van der Waals surface area contributed by atoms with Crippen LogP contribution >= 0.6 is 0 Å². The molecule has 0 unspecified atom stereocenters. The molecule has 2 amide bonds. The van der Waals surface area contributed by atoms with Crippen LogP contribution in [-0.2, 0) is 27.2 Å². The lowest BCUT2D eigenvalue weighted by Crippen LogP contribution is -2.36. The molecule has 2 atom stereocenters. The molecule has 1 N–H and O–H groups in total. The van der Waals surface area contributed by atoms with E-state index in [1.54, 1.807) is 9.80 Å². The Morgan fingerprint density at radius 1 is 1.18 bits per heavy atom. The van der Waals surface area contributed by atoms with Crippen LogP contribution in [0.15, 0.2) is 42.5 Å². The average molecular weight is 465 g/mol. The van der Waals surface area contributed by atoms with Crippen LogP contribution in [0.5, 0.6) is 0 Å². The number of nitrogens with zero attached hydrogens (tertiary/aromatic N) is 2. The Balaban J connectivity index is 1.50. The molecule has 1 saturated heterocycles. The minimum absolute atomic E-state index is 0.0105. The van der Waals surface area contributed by atoms with Gasteiger partial charge < -0.3 is 14.7 Å². The van der Waals surface area contributed by atoms with Gasteiger partial charge in [0.05, 0.1) is 18.0 Å². The normalized spacial score (nSPS) is 18.7. The van der Waals surface area contributed by atoms with Crippen LogP contribution < -0.4 is 4.90 Å². The fourth-order valence-corrected chi connectivity index (χ4v) is 4.87. The molecule has 4 rings (SSSR count). The van der Waals surface area contributed by atoms with Crippen LogP contribution in [0, 0.1) is 18.8 Å². The molecular formula is C27H32N2O5. The number of hydrogen-bond acceptors (Lipinski definition) is 4. The Morgan fingerprint density at radius 3 is 2.65 bits per heavy atom. The van der Waals surface area contributed by atoms with Gasteiger partial charge in [0, 0.05) is 18.8 Å². The summed E-state index contributed by atoms with van der Waals surface area (Å²) in [4.78, 5) is 40.7. The van der Waals surface area contributed by atoms with E-state index in [-0.39, 0.29) is 11.8 Å². The van der Waals surface area contributed by atoms with Crippen molar-refractivity contribution in [3.63, 3.8) is 0 Å². The van der Waals surface area contributed by atoms with Gasteiger partial charge in [-0.2, -0.15) is 0 Å². The number of amides is 2. The Morgan fingerprint density at radius 2 is 1.94 bits per heavy atom. The minimum atomic E-state index is -0.875.